The van der Waals surface area contributed by atoms with Crippen LogP contribution in [0.2, 0.25) is 0 Å². The standard InChI is InChI=1S/C14H15NO3S/c1-3-19(17,18)13-12(14(13,8-15)9-16)11-6-4-10(2)5-7-11/h4-7,9,12-13H,3H2,1-2H3/t12-,13-,14-/m1/s1. The number of carbonyl (C=O) groups excluding carboxylic acids is 1. The van der Waals surface area contributed by atoms with Crippen LogP contribution in [-0.4, -0.2) is 25.7 Å². The van der Waals surface area contributed by atoms with Gasteiger partial charge in [0.1, 0.15) is 11.7 Å². The van der Waals surface area contributed by atoms with E-state index in [0.717, 1.165) is 11.1 Å². The summed E-state index contributed by atoms with van der Waals surface area (Å²) in [5.74, 6) is -0.599. The molecule has 19 heavy (non-hydrogen) atoms. The molecule has 5 heteroatoms. The first-order valence-electron chi connectivity index (χ1n) is 6.08. The fourth-order valence-corrected chi connectivity index (χ4v) is 4.51. The minimum atomic E-state index is -3.42. The van der Waals surface area contributed by atoms with Crippen molar-refractivity contribution in [3.63, 3.8) is 0 Å². The van der Waals surface area contributed by atoms with E-state index in [1.165, 1.54) is 6.92 Å². The largest absolute Gasteiger partial charge is 0.302 e. The van der Waals surface area contributed by atoms with Crippen LogP contribution in [0.3, 0.4) is 0 Å². The van der Waals surface area contributed by atoms with Crippen LogP contribution in [-0.2, 0) is 14.6 Å². The lowest BCUT2D eigenvalue weighted by Gasteiger charge is -2.01. The highest BCUT2D eigenvalue weighted by Gasteiger charge is 2.72. The van der Waals surface area contributed by atoms with Crippen LogP contribution in [0.15, 0.2) is 24.3 Å². The summed E-state index contributed by atoms with van der Waals surface area (Å²) in [6.45, 7) is 3.46. The van der Waals surface area contributed by atoms with Crippen LogP contribution in [0.4, 0.5) is 0 Å². The second-order valence-corrected chi connectivity index (χ2v) is 7.33. The highest BCUT2D eigenvalue weighted by Crippen LogP contribution is 2.61. The summed E-state index contributed by atoms with van der Waals surface area (Å²) in [4.78, 5) is 11.3. The number of aryl methyl sites for hydroxylation is 1. The van der Waals surface area contributed by atoms with Gasteiger partial charge in [0.15, 0.2) is 9.84 Å². The van der Waals surface area contributed by atoms with Gasteiger partial charge in [-0.05, 0) is 12.5 Å². The number of nitrogens with zero attached hydrogens (tertiary/aromatic N) is 1. The molecule has 0 heterocycles. The fraction of sp³-hybridized carbons (Fsp3) is 0.429. The molecule has 0 aliphatic heterocycles. The highest BCUT2D eigenvalue weighted by atomic mass is 32.2. The van der Waals surface area contributed by atoms with Gasteiger partial charge in [0.25, 0.3) is 0 Å². The fourth-order valence-electron chi connectivity index (χ4n) is 2.58. The van der Waals surface area contributed by atoms with E-state index in [0.29, 0.717) is 6.29 Å². The SMILES string of the molecule is CCS(=O)(=O)[C@@H]1[C@@H](c2ccc(C)cc2)[C@@]1(C#N)C=O. The number of carbonyl (C=O) groups is 1. The van der Waals surface area contributed by atoms with Gasteiger partial charge in [-0.1, -0.05) is 36.8 Å². The smallest absolute Gasteiger partial charge is 0.155 e. The first kappa shape index (κ1) is 13.8. The van der Waals surface area contributed by atoms with Gasteiger partial charge >= 0.3 is 0 Å². The van der Waals surface area contributed by atoms with Crippen LogP contribution in [0.25, 0.3) is 0 Å². The van der Waals surface area contributed by atoms with Crippen molar-refractivity contribution in [3.05, 3.63) is 35.4 Å². The van der Waals surface area contributed by atoms with Crippen molar-refractivity contribution in [2.45, 2.75) is 25.0 Å². The maximum absolute atomic E-state index is 12.0. The van der Waals surface area contributed by atoms with Gasteiger partial charge in [-0.2, -0.15) is 5.26 Å². The van der Waals surface area contributed by atoms with Gasteiger partial charge in [0, 0.05) is 11.7 Å². The number of hydrogen-bond donors (Lipinski definition) is 0. The topological polar surface area (TPSA) is 75.0 Å². The van der Waals surface area contributed by atoms with Crippen molar-refractivity contribution in [1.82, 2.24) is 0 Å². The van der Waals surface area contributed by atoms with Crippen molar-refractivity contribution in [2.75, 3.05) is 5.75 Å². The number of sulfone groups is 1. The Morgan fingerprint density at radius 2 is 1.95 bits per heavy atom. The van der Waals surface area contributed by atoms with Crippen molar-refractivity contribution in [1.29, 1.82) is 5.26 Å². The Morgan fingerprint density at radius 3 is 2.37 bits per heavy atom. The Bertz CT molecular complexity index is 642. The lowest BCUT2D eigenvalue weighted by atomic mass is 10.0. The molecular weight excluding hydrogens is 262 g/mol. The molecule has 3 atom stereocenters. The van der Waals surface area contributed by atoms with E-state index in [9.17, 15) is 18.5 Å². The summed E-state index contributed by atoms with van der Waals surface area (Å²) < 4.78 is 24.1. The maximum atomic E-state index is 12.0. The molecule has 0 saturated heterocycles. The Kier molecular flexibility index (Phi) is 3.23. The van der Waals surface area contributed by atoms with Crippen molar-refractivity contribution in [2.24, 2.45) is 5.41 Å². The molecule has 1 saturated carbocycles. The highest BCUT2D eigenvalue weighted by molar-refractivity contribution is 7.92. The molecule has 1 aromatic carbocycles. The number of benzene rings is 1. The Balaban J connectivity index is 2.49. The van der Waals surface area contributed by atoms with E-state index in [-0.39, 0.29) is 5.75 Å². The Hall–Kier alpha value is -1.67. The molecule has 0 amide bonds. The van der Waals surface area contributed by atoms with E-state index in [1.54, 1.807) is 12.1 Å². The van der Waals surface area contributed by atoms with Crippen LogP contribution in [0, 0.1) is 23.7 Å². The van der Waals surface area contributed by atoms with E-state index >= 15 is 0 Å². The summed E-state index contributed by atoms with van der Waals surface area (Å²) in [6.07, 6.45) is 0.495. The Morgan fingerprint density at radius 1 is 1.37 bits per heavy atom. The second-order valence-electron chi connectivity index (χ2n) is 4.92. The molecule has 1 fully saturated rings. The van der Waals surface area contributed by atoms with Crippen molar-refractivity contribution >= 4 is 16.1 Å². The summed E-state index contributed by atoms with van der Waals surface area (Å²) in [5, 5.41) is 8.32. The average Bonchev–Trinajstić information content (AvgIpc) is 3.10. The second kappa shape index (κ2) is 4.46. The van der Waals surface area contributed by atoms with E-state index < -0.39 is 26.4 Å². The quantitative estimate of drug-likeness (QED) is 0.783. The predicted octanol–water partition coefficient (Wildman–Crippen LogP) is 1.60. The number of aldehydes is 1. The molecule has 0 aromatic heterocycles. The molecular formula is C14H15NO3S. The zero-order chi connectivity index (χ0) is 14.3. The van der Waals surface area contributed by atoms with Gasteiger partial charge in [-0.3, -0.25) is 0 Å². The molecule has 0 N–H and O–H groups in total. The van der Waals surface area contributed by atoms with E-state index in [4.69, 9.17) is 0 Å². The van der Waals surface area contributed by atoms with Crippen LogP contribution < -0.4 is 0 Å². The third kappa shape index (κ3) is 1.96. The molecule has 1 aromatic rings. The molecule has 4 nitrogen and oxygen atoms in total. The van der Waals surface area contributed by atoms with Gasteiger partial charge in [-0.15, -0.1) is 0 Å². The molecule has 100 valence electrons. The first-order chi connectivity index (χ1) is 8.93. The van der Waals surface area contributed by atoms with Crippen LogP contribution >= 0.6 is 0 Å². The number of rotatable bonds is 4. The predicted molar refractivity (Wildman–Crippen MR) is 71.3 cm³/mol. The summed E-state index contributed by atoms with van der Waals surface area (Å²) >= 11 is 0. The molecule has 0 bridgehead atoms. The summed E-state index contributed by atoms with van der Waals surface area (Å²) in [6, 6.07) is 9.21. The number of hydrogen-bond acceptors (Lipinski definition) is 4. The van der Waals surface area contributed by atoms with Crippen molar-refractivity contribution in [3.8, 4) is 6.07 Å². The van der Waals surface area contributed by atoms with Gasteiger partial charge in [-0.25, -0.2) is 8.42 Å². The summed E-state index contributed by atoms with van der Waals surface area (Å²) in [7, 11) is -3.42. The summed E-state index contributed by atoms with van der Waals surface area (Å²) in [5.41, 5.74) is 0.374. The normalized spacial score (nSPS) is 29.5. The van der Waals surface area contributed by atoms with Gasteiger partial charge in [0.2, 0.25) is 0 Å². The molecule has 1 aliphatic carbocycles. The van der Waals surface area contributed by atoms with Gasteiger partial charge in [0.05, 0.1) is 11.3 Å². The molecule has 0 unspecified atom stereocenters. The van der Waals surface area contributed by atoms with Crippen LogP contribution in [0.1, 0.15) is 24.0 Å². The molecule has 1 aliphatic rings. The first-order valence-corrected chi connectivity index (χ1v) is 7.80. The minimum absolute atomic E-state index is 0.0582. The third-order valence-corrected chi connectivity index (χ3v) is 6.03. The molecule has 2 rings (SSSR count). The van der Waals surface area contributed by atoms with E-state index in [1.807, 2.05) is 25.1 Å². The number of nitriles is 1. The molecule has 0 spiro atoms. The van der Waals surface area contributed by atoms with Crippen LogP contribution in [0.5, 0.6) is 0 Å². The van der Waals surface area contributed by atoms with Crippen molar-refractivity contribution < 1.29 is 13.2 Å². The monoisotopic (exact) mass is 277 g/mol. The average molecular weight is 277 g/mol. The van der Waals surface area contributed by atoms with E-state index in [2.05, 4.69) is 0 Å². The maximum Gasteiger partial charge on any atom is 0.155 e. The minimum Gasteiger partial charge on any atom is -0.302 e. The zero-order valence-electron chi connectivity index (χ0n) is 10.8. The Labute approximate surface area is 113 Å². The lowest BCUT2D eigenvalue weighted by molar-refractivity contribution is -0.110. The molecule has 0 radical (unpaired) electrons. The third-order valence-electron chi connectivity index (χ3n) is 3.79. The lowest BCUT2D eigenvalue weighted by Crippen LogP contribution is -2.17. The van der Waals surface area contributed by atoms with Gasteiger partial charge < -0.3 is 4.79 Å². The zero-order valence-corrected chi connectivity index (χ0v) is 11.6.